The summed E-state index contributed by atoms with van der Waals surface area (Å²) in [6, 6.07) is 0.218. The quantitative estimate of drug-likeness (QED) is 0.548. The number of methoxy groups -OCH3 is 1. The minimum absolute atomic E-state index is 0.0335. The second kappa shape index (κ2) is 5.51. The van der Waals surface area contributed by atoms with Gasteiger partial charge < -0.3 is 25.2 Å². The lowest BCUT2D eigenvalue weighted by molar-refractivity contribution is -0.274. The maximum absolute atomic E-state index is 12.1. The summed E-state index contributed by atoms with van der Waals surface area (Å²) in [6.45, 7) is 4.17. The normalized spacial score (nSPS) is 64.3. The molecule has 12 atom stereocenters. The Labute approximate surface area is 166 Å². The van der Waals surface area contributed by atoms with E-state index in [4.69, 9.17) is 4.74 Å². The fraction of sp³-hybridized carbons (Fsp3) is 1.00. The average molecular weight is 394 g/mol. The number of ether oxygens (including phenoxy) is 1. The highest BCUT2D eigenvalue weighted by molar-refractivity contribution is 5.33. The van der Waals surface area contributed by atoms with Gasteiger partial charge in [0.25, 0.3) is 0 Å². The highest BCUT2D eigenvalue weighted by Gasteiger charge is 2.83. The first-order chi connectivity index (χ1) is 13.4. The molecule has 0 radical (unpaired) electrons. The van der Waals surface area contributed by atoms with Crippen molar-refractivity contribution in [2.45, 2.75) is 69.0 Å². The topological polar surface area (TPSA) is 93.4 Å². The van der Waals surface area contributed by atoms with Crippen molar-refractivity contribution in [3.05, 3.63) is 0 Å². The summed E-state index contributed by atoms with van der Waals surface area (Å²) in [5.74, 6) is 0.197. The zero-order chi connectivity index (χ0) is 19.6. The number of fused-ring (bicyclic) bond motifs is 2. The van der Waals surface area contributed by atoms with Crippen LogP contribution in [0.25, 0.3) is 0 Å². The molecule has 4 N–H and O–H groups in total. The Hall–Kier alpha value is -0.240. The first-order valence-electron chi connectivity index (χ1n) is 11.3. The predicted octanol–water partition coefficient (Wildman–Crippen LogP) is 0.223. The van der Waals surface area contributed by atoms with Gasteiger partial charge in [0.05, 0.1) is 30.5 Å². The van der Waals surface area contributed by atoms with E-state index in [2.05, 4.69) is 11.8 Å². The molecule has 6 nitrogen and oxygen atoms in total. The van der Waals surface area contributed by atoms with E-state index in [1.807, 2.05) is 7.11 Å². The lowest BCUT2D eigenvalue weighted by atomic mass is 9.43. The van der Waals surface area contributed by atoms with Crippen LogP contribution in [0.4, 0.5) is 0 Å². The third kappa shape index (κ3) is 1.69. The molecule has 28 heavy (non-hydrogen) atoms. The molecule has 6 aliphatic rings. The van der Waals surface area contributed by atoms with Crippen LogP contribution in [0.15, 0.2) is 0 Å². The van der Waals surface area contributed by atoms with Crippen molar-refractivity contribution in [1.29, 1.82) is 0 Å². The Kier molecular flexibility index (Phi) is 3.65. The summed E-state index contributed by atoms with van der Waals surface area (Å²) in [5, 5.41) is 44.6. The van der Waals surface area contributed by atoms with E-state index in [9.17, 15) is 20.4 Å². The van der Waals surface area contributed by atoms with Crippen molar-refractivity contribution in [2.75, 3.05) is 26.8 Å². The second-order valence-corrected chi connectivity index (χ2v) is 11.0. The molecule has 1 spiro atoms. The van der Waals surface area contributed by atoms with Crippen LogP contribution in [0.3, 0.4) is 0 Å². The summed E-state index contributed by atoms with van der Waals surface area (Å²) >= 11 is 0. The molecular weight excluding hydrogens is 358 g/mol. The van der Waals surface area contributed by atoms with Crippen molar-refractivity contribution in [3.8, 4) is 0 Å². The molecule has 0 aromatic heterocycles. The molecule has 6 fully saturated rings. The fourth-order valence-electron chi connectivity index (χ4n) is 10.2. The second-order valence-electron chi connectivity index (χ2n) is 11.0. The van der Waals surface area contributed by atoms with Crippen molar-refractivity contribution >= 4 is 0 Å². The molecule has 0 amide bonds. The monoisotopic (exact) mass is 393 g/mol. The SMILES string of the molecule is CCN1C[C@]2(CO)CC[C@H](OC)[C@@]34C5C[C@H]6[C@H](O)C5[C@](O)(C[C@@H]6O)C(CC23)[C@@H]14. The minimum Gasteiger partial charge on any atom is -0.396 e. The molecule has 7 bridgehead atoms. The Balaban J connectivity index is 1.61. The van der Waals surface area contributed by atoms with Crippen molar-refractivity contribution < 1.29 is 25.2 Å². The van der Waals surface area contributed by atoms with Gasteiger partial charge in [-0.2, -0.15) is 0 Å². The smallest absolute Gasteiger partial charge is 0.0771 e. The van der Waals surface area contributed by atoms with Gasteiger partial charge in [-0.25, -0.2) is 0 Å². The van der Waals surface area contributed by atoms with Gasteiger partial charge in [-0.05, 0) is 44.1 Å². The summed E-state index contributed by atoms with van der Waals surface area (Å²) in [5.41, 5.74) is -1.28. The number of likely N-dealkylation sites (tertiary alicyclic amines) is 1. The zero-order valence-electron chi connectivity index (χ0n) is 17.0. The van der Waals surface area contributed by atoms with Crippen molar-refractivity contribution in [1.82, 2.24) is 4.90 Å². The largest absolute Gasteiger partial charge is 0.396 e. The molecule has 1 heterocycles. The van der Waals surface area contributed by atoms with Crippen LogP contribution in [-0.4, -0.2) is 82.1 Å². The van der Waals surface area contributed by atoms with Crippen LogP contribution < -0.4 is 0 Å². The predicted molar refractivity (Wildman–Crippen MR) is 101 cm³/mol. The van der Waals surface area contributed by atoms with Crippen LogP contribution in [-0.2, 0) is 4.74 Å². The van der Waals surface area contributed by atoms with Crippen LogP contribution in [0.5, 0.6) is 0 Å². The van der Waals surface area contributed by atoms with Crippen LogP contribution in [0.2, 0.25) is 0 Å². The van der Waals surface area contributed by atoms with E-state index >= 15 is 0 Å². The number of nitrogens with zero attached hydrogens (tertiary/aromatic N) is 1. The van der Waals surface area contributed by atoms with E-state index in [1.165, 1.54) is 0 Å². The summed E-state index contributed by atoms with van der Waals surface area (Å²) < 4.78 is 6.18. The number of aliphatic hydroxyl groups excluding tert-OH is 3. The number of hydrogen-bond acceptors (Lipinski definition) is 6. The molecule has 0 aromatic rings. The molecule has 1 saturated heterocycles. The molecule has 6 rings (SSSR count). The maximum atomic E-state index is 12.1. The Morgan fingerprint density at radius 1 is 1.18 bits per heavy atom. The number of aliphatic hydroxyl groups is 4. The summed E-state index contributed by atoms with van der Waals surface area (Å²) in [4.78, 5) is 2.52. The standard InChI is InChI=1S/C22H35NO5/c1-3-23-9-20(10-24)5-4-16(28-2)22-12-6-11-14(25)8-21(27,17(12)18(11)26)13(19(22)23)7-15(20)22/h11-19,24-27H,3-10H2,1-2H3/t11-,12?,13?,14+,15?,16+,17?,18+,19-,20+,21+,22-/m1/s1. The van der Waals surface area contributed by atoms with Crippen LogP contribution in [0, 0.1) is 40.4 Å². The number of rotatable bonds is 3. The third-order valence-corrected chi connectivity index (χ3v) is 10.8. The van der Waals surface area contributed by atoms with Crippen molar-refractivity contribution in [3.63, 3.8) is 0 Å². The Bertz CT molecular complexity index is 690. The third-order valence-electron chi connectivity index (χ3n) is 10.8. The van der Waals surface area contributed by atoms with Gasteiger partial charge in [0, 0.05) is 54.7 Å². The Morgan fingerprint density at radius 3 is 2.64 bits per heavy atom. The Morgan fingerprint density at radius 2 is 1.96 bits per heavy atom. The van der Waals surface area contributed by atoms with Crippen molar-refractivity contribution in [2.24, 2.45) is 40.4 Å². The lowest BCUT2D eigenvalue weighted by Gasteiger charge is -2.69. The van der Waals surface area contributed by atoms with E-state index < -0.39 is 17.8 Å². The van der Waals surface area contributed by atoms with E-state index in [1.54, 1.807) is 0 Å². The van der Waals surface area contributed by atoms with Gasteiger partial charge >= 0.3 is 0 Å². The van der Waals surface area contributed by atoms with Gasteiger partial charge in [-0.1, -0.05) is 6.92 Å². The van der Waals surface area contributed by atoms with E-state index in [0.29, 0.717) is 12.3 Å². The van der Waals surface area contributed by atoms with E-state index in [-0.39, 0.29) is 53.3 Å². The number of hydrogen-bond donors (Lipinski definition) is 4. The fourth-order valence-corrected chi connectivity index (χ4v) is 10.2. The van der Waals surface area contributed by atoms with Gasteiger partial charge in [-0.15, -0.1) is 0 Å². The van der Waals surface area contributed by atoms with Crippen LogP contribution in [0.1, 0.15) is 39.0 Å². The van der Waals surface area contributed by atoms with Gasteiger partial charge in [0.2, 0.25) is 0 Å². The van der Waals surface area contributed by atoms with Gasteiger partial charge in [0.15, 0.2) is 0 Å². The van der Waals surface area contributed by atoms with Gasteiger partial charge in [0.1, 0.15) is 0 Å². The first kappa shape index (κ1) is 18.5. The minimum atomic E-state index is -1.01. The molecule has 0 aromatic carbocycles. The number of piperidine rings is 1. The summed E-state index contributed by atoms with van der Waals surface area (Å²) in [6.07, 6.45) is 2.80. The van der Waals surface area contributed by atoms with Gasteiger partial charge in [-0.3, -0.25) is 4.90 Å². The highest BCUT2D eigenvalue weighted by Crippen LogP contribution is 2.78. The molecule has 5 saturated carbocycles. The maximum Gasteiger partial charge on any atom is 0.0771 e. The molecule has 4 unspecified atom stereocenters. The lowest BCUT2D eigenvalue weighted by Crippen LogP contribution is -2.76. The summed E-state index contributed by atoms with van der Waals surface area (Å²) in [7, 11) is 1.82. The molecule has 6 heteroatoms. The molecule has 158 valence electrons. The van der Waals surface area contributed by atoms with Crippen LogP contribution >= 0.6 is 0 Å². The average Bonchev–Trinajstić information content (AvgIpc) is 3.10. The molecular formula is C22H35NO5. The molecule has 1 aliphatic heterocycles. The molecule has 5 aliphatic carbocycles. The first-order valence-corrected chi connectivity index (χ1v) is 11.3. The highest BCUT2D eigenvalue weighted by atomic mass is 16.5. The van der Waals surface area contributed by atoms with E-state index in [0.717, 1.165) is 38.8 Å². The zero-order valence-corrected chi connectivity index (χ0v) is 17.0.